The van der Waals surface area contributed by atoms with Gasteiger partial charge < -0.3 is 19.3 Å². The normalized spacial score (nSPS) is 27.1. The number of hydrogen-bond acceptors (Lipinski definition) is 8. The first-order valence-corrected chi connectivity index (χ1v) is 9.06. The Hall–Kier alpha value is -3.34. The molecule has 0 amide bonds. The highest BCUT2D eigenvalue weighted by molar-refractivity contribution is 5.99. The number of nitriles is 1. The third-order valence-electron chi connectivity index (χ3n) is 5.51. The lowest BCUT2D eigenvalue weighted by Gasteiger charge is -2.40. The maximum absolute atomic E-state index is 13.3. The van der Waals surface area contributed by atoms with Gasteiger partial charge in [0.15, 0.2) is 5.41 Å². The van der Waals surface area contributed by atoms with E-state index in [9.17, 15) is 24.8 Å². The van der Waals surface area contributed by atoms with Crippen LogP contribution in [0.3, 0.4) is 0 Å². The summed E-state index contributed by atoms with van der Waals surface area (Å²) in [7, 11) is 2.24. The Kier molecular flexibility index (Phi) is 5.09. The van der Waals surface area contributed by atoms with Crippen molar-refractivity contribution in [3.8, 4) is 6.07 Å². The standard InChI is InChI=1S/C21H21NO7/c1-10(2)29-20(26)21(9-22)15-11-7-5-6-8-12(11)16(21)14(19(25)28-4)17(23)13(15)18(24)27-3/h5-8,10,13,15-16,23H,1-4H3/t13-,15+,16+,21+/m0/s1. The van der Waals surface area contributed by atoms with Crippen LogP contribution in [0, 0.1) is 22.7 Å². The predicted octanol–water partition coefficient (Wildman–Crippen LogP) is 2.12. The van der Waals surface area contributed by atoms with Crippen LogP contribution < -0.4 is 0 Å². The van der Waals surface area contributed by atoms with Crippen molar-refractivity contribution in [3.63, 3.8) is 0 Å². The number of fused-ring (bicyclic) bond motifs is 5. The van der Waals surface area contributed by atoms with Gasteiger partial charge >= 0.3 is 17.9 Å². The lowest BCUT2D eigenvalue weighted by Crippen LogP contribution is -2.49. The van der Waals surface area contributed by atoms with Crippen molar-refractivity contribution in [3.05, 3.63) is 46.7 Å². The number of esters is 3. The molecular weight excluding hydrogens is 378 g/mol. The minimum absolute atomic E-state index is 0.314. The third kappa shape index (κ3) is 2.69. The van der Waals surface area contributed by atoms with E-state index in [1.54, 1.807) is 38.1 Å². The average molecular weight is 399 g/mol. The summed E-state index contributed by atoms with van der Waals surface area (Å²) in [6, 6.07) is 8.74. The molecule has 0 spiro atoms. The van der Waals surface area contributed by atoms with E-state index in [4.69, 9.17) is 14.2 Å². The van der Waals surface area contributed by atoms with Crippen molar-refractivity contribution in [1.82, 2.24) is 0 Å². The van der Waals surface area contributed by atoms with Crippen LogP contribution in [0.2, 0.25) is 0 Å². The van der Waals surface area contributed by atoms with Gasteiger partial charge in [-0.25, -0.2) is 4.79 Å². The van der Waals surface area contributed by atoms with Gasteiger partial charge in [-0.15, -0.1) is 0 Å². The molecule has 0 aliphatic heterocycles. The van der Waals surface area contributed by atoms with Crippen LogP contribution in [0.15, 0.2) is 35.6 Å². The van der Waals surface area contributed by atoms with Gasteiger partial charge in [-0.2, -0.15) is 5.26 Å². The average Bonchev–Trinajstić information content (AvgIpc) is 2.92. The summed E-state index contributed by atoms with van der Waals surface area (Å²) < 4.78 is 15.0. The molecule has 0 saturated carbocycles. The topological polar surface area (TPSA) is 123 Å². The molecule has 0 heterocycles. The minimum Gasteiger partial charge on any atom is -0.511 e. The Morgan fingerprint density at radius 2 is 1.76 bits per heavy atom. The SMILES string of the molecule is COC(=O)C1=C(O)[C@@H](C(=O)OC)[C@H]2c3ccccc3[C@H]1[C@]2(C#N)C(=O)OC(C)C. The van der Waals surface area contributed by atoms with E-state index < -0.39 is 52.9 Å². The number of carbonyl (C=O) groups excluding carboxylic acids is 3. The molecule has 1 N–H and O–H groups in total. The van der Waals surface area contributed by atoms with Crippen molar-refractivity contribution in [1.29, 1.82) is 5.26 Å². The fourth-order valence-electron chi connectivity index (χ4n) is 4.47. The summed E-state index contributed by atoms with van der Waals surface area (Å²) in [4.78, 5) is 38.5. The molecule has 8 nitrogen and oxygen atoms in total. The fraction of sp³-hybridized carbons (Fsp3) is 0.429. The Bertz CT molecular complexity index is 958. The van der Waals surface area contributed by atoms with E-state index in [2.05, 4.69) is 0 Å². The van der Waals surface area contributed by atoms with E-state index in [0.29, 0.717) is 11.1 Å². The molecule has 0 fully saturated rings. The maximum Gasteiger partial charge on any atom is 0.337 e. The van der Waals surface area contributed by atoms with Crippen LogP contribution in [-0.2, 0) is 28.6 Å². The first-order chi connectivity index (χ1) is 13.8. The minimum atomic E-state index is -1.94. The first-order valence-electron chi connectivity index (χ1n) is 9.06. The first kappa shape index (κ1) is 20.4. The van der Waals surface area contributed by atoms with Crippen molar-refractivity contribution in [2.45, 2.75) is 31.8 Å². The number of ether oxygens (including phenoxy) is 3. The van der Waals surface area contributed by atoms with Crippen molar-refractivity contribution >= 4 is 17.9 Å². The van der Waals surface area contributed by atoms with Gasteiger partial charge in [-0.05, 0) is 25.0 Å². The van der Waals surface area contributed by atoms with Gasteiger partial charge in [0.25, 0.3) is 0 Å². The highest BCUT2D eigenvalue weighted by Crippen LogP contribution is 2.65. The number of methoxy groups -OCH3 is 2. The second kappa shape index (κ2) is 7.24. The zero-order valence-corrected chi connectivity index (χ0v) is 16.5. The lowest BCUT2D eigenvalue weighted by atomic mass is 9.60. The number of benzene rings is 1. The molecule has 2 aliphatic rings. The Labute approximate surface area is 167 Å². The molecule has 2 bridgehead atoms. The largest absolute Gasteiger partial charge is 0.511 e. The smallest absolute Gasteiger partial charge is 0.337 e. The zero-order valence-electron chi connectivity index (χ0n) is 16.5. The molecule has 3 rings (SSSR count). The quantitative estimate of drug-likeness (QED) is 0.603. The lowest BCUT2D eigenvalue weighted by molar-refractivity contribution is -0.161. The Morgan fingerprint density at radius 1 is 1.14 bits per heavy atom. The maximum atomic E-state index is 13.3. The van der Waals surface area contributed by atoms with Crippen LogP contribution in [-0.4, -0.2) is 43.3 Å². The van der Waals surface area contributed by atoms with Gasteiger partial charge in [0, 0.05) is 11.8 Å². The second-order valence-electron chi connectivity index (χ2n) is 7.27. The number of aliphatic hydroxyl groups is 1. The highest BCUT2D eigenvalue weighted by Gasteiger charge is 2.69. The van der Waals surface area contributed by atoms with E-state index >= 15 is 0 Å². The van der Waals surface area contributed by atoms with E-state index in [0.717, 1.165) is 14.2 Å². The summed E-state index contributed by atoms with van der Waals surface area (Å²) in [6.07, 6.45) is -0.534. The third-order valence-corrected chi connectivity index (χ3v) is 5.51. The summed E-state index contributed by atoms with van der Waals surface area (Å²) in [5, 5.41) is 21.1. The van der Waals surface area contributed by atoms with Gasteiger partial charge in [0.1, 0.15) is 11.7 Å². The van der Waals surface area contributed by atoms with Gasteiger partial charge in [0.05, 0.1) is 32.0 Å². The molecule has 0 radical (unpaired) electrons. The van der Waals surface area contributed by atoms with Crippen LogP contribution in [0.1, 0.15) is 36.8 Å². The molecule has 2 aliphatic carbocycles. The molecule has 1 aromatic rings. The van der Waals surface area contributed by atoms with E-state index in [1.165, 1.54) is 0 Å². The Morgan fingerprint density at radius 3 is 2.28 bits per heavy atom. The Balaban J connectivity index is 2.41. The summed E-state index contributed by atoms with van der Waals surface area (Å²) in [5.41, 5.74) is -1.27. The van der Waals surface area contributed by atoms with E-state index in [-0.39, 0.29) is 5.57 Å². The van der Waals surface area contributed by atoms with E-state index in [1.807, 2.05) is 6.07 Å². The second-order valence-corrected chi connectivity index (χ2v) is 7.27. The molecule has 8 heteroatoms. The molecule has 29 heavy (non-hydrogen) atoms. The monoisotopic (exact) mass is 399 g/mol. The number of nitrogens with zero attached hydrogens (tertiary/aromatic N) is 1. The number of rotatable bonds is 4. The van der Waals surface area contributed by atoms with Gasteiger partial charge in [-0.1, -0.05) is 24.3 Å². The molecule has 152 valence electrons. The van der Waals surface area contributed by atoms with Crippen molar-refractivity contribution in [2.24, 2.45) is 11.3 Å². The molecule has 0 unspecified atom stereocenters. The molecule has 4 atom stereocenters. The highest BCUT2D eigenvalue weighted by atomic mass is 16.5. The van der Waals surface area contributed by atoms with Gasteiger partial charge in [-0.3, -0.25) is 9.59 Å². The molecule has 1 aromatic carbocycles. The molecule has 0 saturated heterocycles. The van der Waals surface area contributed by atoms with Gasteiger partial charge in [0.2, 0.25) is 0 Å². The fourth-order valence-corrected chi connectivity index (χ4v) is 4.47. The zero-order chi connectivity index (χ0) is 21.5. The number of hydrogen-bond donors (Lipinski definition) is 1. The van der Waals surface area contributed by atoms with Crippen LogP contribution in [0.4, 0.5) is 0 Å². The van der Waals surface area contributed by atoms with Crippen LogP contribution in [0.5, 0.6) is 0 Å². The molecular formula is C21H21NO7. The van der Waals surface area contributed by atoms with Crippen LogP contribution >= 0.6 is 0 Å². The number of aliphatic hydroxyl groups excluding tert-OH is 1. The van der Waals surface area contributed by atoms with Crippen molar-refractivity contribution in [2.75, 3.05) is 14.2 Å². The van der Waals surface area contributed by atoms with Crippen LogP contribution in [0.25, 0.3) is 0 Å². The summed E-state index contributed by atoms with van der Waals surface area (Å²) in [6.45, 7) is 3.26. The number of carbonyl (C=O) groups is 3. The summed E-state index contributed by atoms with van der Waals surface area (Å²) in [5.74, 6) is -6.90. The summed E-state index contributed by atoms with van der Waals surface area (Å²) >= 11 is 0. The predicted molar refractivity (Wildman–Crippen MR) is 98.4 cm³/mol. The molecule has 0 aromatic heterocycles. The van der Waals surface area contributed by atoms with Crippen molar-refractivity contribution < 1.29 is 33.7 Å².